The molecule has 0 saturated carbocycles. The van der Waals surface area contributed by atoms with Crippen LogP contribution in [0, 0.1) is 12.3 Å². The summed E-state index contributed by atoms with van der Waals surface area (Å²) in [4.78, 5) is 13.5. The lowest BCUT2D eigenvalue weighted by Crippen LogP contribution is -2.25. The largest absolute Gasteiger partial charge is 0.373 e. The van der Waals surface area contributed by atoms with Crippen LogP contribution >= 0.6 is 0 Å². The topological polar surface area (TPSA) is 38.1 Å². The van der Waals surface area contributed by atoms with Gasteiger partial charge in [-0.05, 0) is 6.92 Å². The highest BCUT2D eigenvalue weighted by atomic mass is 16.1. The van der Waals surface area contributed by atoms with Gasteiger partial charge in [-0.3, -0.25) is 4.79 Å². The van der Waals surface area contributed by atoms with Crippen LogP contribution in [0.5, 0.6) is 0 Å². The first kappa shape index (κ1) is 11.3. The Kier molecular flexibility index (Phi) is 3.92. The predicted molar refractivity (Wildman–Crippen MR) is 60.9 cm³/mol. The van der Waals surface area contributed by atoms with Crippen molar-refractivity contribution in [1.29, 1.82) is 0 Å². The molecule has 15 heavy (non-hydrogen) atoms. The van der Waals surface area contributed by atoms with Gasteiger partial charge in [-0.2, -0.15) is 5.10 Å². The van der Waals surface area contributed by atoms with Gasteiger partial charge in [-0.1, -0.05) is 0 Å². The molecule has 0 aromatic carbocycles. The van der Waals surface area contributed by atoms with E-state index in [1.165, 1.54) is 4.68 Å². The summed E-state index contributed by atoms with van der Waals surface area (Å²) in [6, 6.07) is 1.58. The van der Waals surface area contributed by atoms with Gasteiger partial charge in [0.25, 0.3) is 5.56 Å². The molecule has 0 aliphatic heterocycles. The number of hydrogen-bond acceptors (Lipinski definition) is 3. The molecule has 0 atom stereocenters. The predicted octanol–water partition coefficient (Wildman–Crippen LogP) is 0.723. The van der Waals surface area contributed by atoms with Crippen LogP contribution in [0.1, 0.15) is 13.3 Å². The SMILES string of the molecule is C#CCCn1ncc(N(C)CC)cc1=O. The minimum Gasteiger partial charge on any atom is -0.373 e. The zero-order valence-electron chi connectivity index (χ0n) is 9.10. The summed E-state index contributed by atoms with van der Waals surface area (Å²) >= 11 is 0. The van der Waals surface area contributed by atoms with Crippen molar-refractivity contribution in [2.24, 2.45) is 0 Å². The fourth-order valence-corrected chi connectivity index (χ4v) is 1.15. The van der Waals surface area contributed by atoms with Crippen molar-refractivity contribution in [1.82, 2.24) is 9.78 Å². The van der Waals surface area contributed by atoms with Crippen molar-refractivity contribution >= 4 is 5.69 Å². The zero-order valence-corrected chi connectivity index (χ0v) is 9.10. The second-order valence-corrected chi connectivity index (χ2v) is 3.24. The summed E-state index contributed by atoms with van der Waals surface area (Å²) < 4.78 is 1.38. The Bertz CT molecular complexity index is 417. The maximum Gasteiger partial charge on any atom is 0.268 e. The van der Waals surface area contributed by atoms with Crippen molar-refractivity contribution in [2.75, 3.05) is 18.5 Å². The molecule has 80 valence electrons. The lowest BCUT2D eigenvalue weighted by Gasteiger charge is -2.15. The molecular formula is C11H15N3O. The molecule has 0 spiro atoms. The second kappa shape index (κ2) is 5.20. The van der Waals surface area contributed by atoms with Crippen LogP contribution in [-0.4, -0.2) is 23.4 Å². The minimum absolute atomic E-state index is 0.108. The first-order valence-electron chi connectivity index (χ1n) is 4.90. The van der Waals surface area contributed by atoms with Crippen LogP contribution in [0.25, 0.3) is 0 Å². The third kappa shape index (κ3) is 2.84. The molecule has 0 radical (unpaired) electrons. The maximum absolute atomic E-state index is 11.6. The van der Waals surface area contributed by atoms with Gasteiger partial charge in [0.05, 0.1) is 18.4 Å². The van der Waals surface area contributed by atoms with Crippen molar-refractivity contribution in [3.05, 3.63) is 22.6 Å². The zero-order chi connectivity index (χ0) is 11.3. The fraction of sp³-hybridized carbons (Fsp3) is 0.455. The Morgan fingerprint density at radius 2 is 2.40 bits per heavy atom. The summed E-state index contributed by atoms with van der Waals surface area (Å²) in [6.07, 6.45) is 7.33. The third-order valence-corrected chi connectivity index (χ3v) is 2.24. The van der Waals surface area contributed by atoms with E-state index < -0.39 is 0 Å². The maximum atomic E-state index is 11.6. The highest BCUT2D eigenvalue weighted by Gasteiger charge is 2.02. The highest BCUT2D eigenvalue weighted by molar-refractivity contribution is 5.41. The minimum atomic E-state index is -0.108. The van der Waals surface area contributed by atoms with Gasteiger partial charge in [0.2, 0.25) is 0 Å². The van der Waals surface area contributed by atoms with E-state index in [-0.39, 0.29) is 5.56 Å². The molecule has 1 aromatic heterocycles. The average Bonchev–Trinajstić information content (AvgIpc) is 2.26. The van der Waals surface area contributed by atoms with Crippen LogP contribution in [0.15, 0.2) is 17.1 Å². The Labute approximate surface area is 89.5 Å². The summed E-state index contributed by atoms with van der Waals surface area (Å²) in [5.74, 6) is 2.48. The molecule has 1 rings (SSSR count). The van der Waals surface area contributed by atoms with Gasteiger partial charge >= 0.3 is 0 Å². The van der Waals surface area contributed by atoms with Gasteiger partial charge in [0.15, 0.2) is 0 Å². The Morgan fingerprint density at radius 3 is 2.93 bits per heavy atom. The molecule has 0 unspecified atom stereocenters. The van der Waals surface area contributed by atoms with E-state index in [1.807, 2.05) is 18.9 Å². The number of nitrogens with zero attached hydrogens (tertiary/aromatic N) is 3. The fourth-order valence-electron chi connectivity index (χ4n) is 1.15. The van der Waals surface area contributed by atoms with Crippen LogP contribution in [0.4, 0.5) is 5.69 Å². The number of terminal acetylenes is 1. The Morgan fingerprint density at radius 1 is 1.67 bits per heavy atom. The Balaban J connectivity index is 2.89. The van der Waals surface area contributed by atoms with E-state index in [0.29, 0.717) is 13.0 Å². The molecule has 1 aromatic rings. The van der Waals surface area contributed by atoms with Gasteiger partial charge in [0.1, 0.15) is 0 Å². The van der Waals surface area contributed by atoms with Crippen LogP contribution in [0.2, 0.25) is 0 Å². The number of aromatic nitrogens is 2. The molecule has 1 heterocycles. The summed E-state index contributed by atoms with van der Waals surface area (Å²) in [5, 5.41) is 4.05. The van der Waals surface area contributed by atoms with E-state index in [0.717, 1.165) is 12.2 Å². The number of aryl methyl sites for hydroxylation is 1. The van der Waals surface area contributed by atoms with Crippen molar-refractivity contribution < 1.29 is 0 Å². The number of rotatable bonds is 4. The lowest BCUT2D eigenvalue weighted by atomic mass is 10.4. The molecule has 0 amide bonds. The van der Waals surface area contributed by atoms with E-state index in [2.05, 4.69) is 11.0 Å². The van der Waals surface area contributed by atoms with E-state index in [4.69, 9.17) is 6.42 Å². The molecule has 0 N–H and O–H groups in total. The van der Waals surface area contributed by atoms with E-state index in [9.17, 15) is 4.79 Å². The van der Waals surface area contributed by atoms with Gasteiger partial charge in [-0.15, -0.1) is 12.3 Å². The van der Waals surface area contributed by atoms with Gasteiger partial charge in [0, 0.05) is 26.1 Å². The normalized spacial score (nSPS) is 9.67. The third-order valence-electron chi connectivity index (χ3n) is 2.24. The smallest absolute Gasteiger partial charge is 0.268 e. The first-order valence-corrected chi connectivity index (χ1v) is 4.90. The van der Waals surface area contributed by atoms with Crippen LogP contribution < -0.4 is 10.5 Å². The quantitative estimate of drug-likeness (QED) is 0.680. The number of anilines is 1. The molecule has 0 saturated heterocycles. The van der Waals surface area contributed by atoms with E-state index in [1.54, 1.807) is 12.3 Å². The first-order chi connectivity index (χ1) is 7.19. The van der Waals surface area contributed by atoms with Crippen LogP contribution in [0.3, 0.4) is 0 Å². The lowest BCUT2D eigenvalue weighted by molar-refractivity contribution is 0.590. The Hall–Kier alpha value is -1.76. The summed E-state index contributed by atoms with van der Waals surface area (Å²) in [5.41, 5.74) is 0.725. The monoisotopic (exact) mass is 205 g/mol. The summed E-state index contributed by atoms with van der Waals surface area (Å²) in [7, 11) is 1.92. The van der Waals surface area contributed by atoms with Crippen molar-refractivity contribution in [3.63, 3.8) is 0 Å². The molecule has 0 bridgehead atoms. The molecular weight excluding hydrogens is 190 g/mol. The van der Waals surface area contributed by atoms with Crippen molar-refractivity contribution in [2.45, 2.75) is 19.9 Å². The van der Waals surface area contributed by atoms with E-state index >= 15 is 0 Å². The molecule has 4 heteroatoms. The average molecular weight is 205 g/mol. The second-order valence-electron chi connectivity index (χ2n) is 3.24. The van der Waals surface area contributed by atoms with Crippen LogP contribution in [-0.2, 0) is 6.54 Å². The van der Waals surface area contributed by atoms with Crippen molar-refractivity contribution in [3.8, 4) is 12.3 Å². The molecule has 0 aliphatic carbocycles. The highest BCUT2D eigenvalue weighted by Crippen LogP contribution is 2.05. The molecule has 0 fully saturated rings. The standard InChI is InChI=1S/C11H15N3O/c1-4-6-7-14-11(15)8-10(9-12-14)13(3)5-2/h1,8-9H,5-7H2,2-3H3. The van der Waals surface area contributed by atoms with Gasteiger partial charge in [-0.25, -0.2) is 4.68 Å². The van der Waals surface area contributed by atoms with Gasteiger partial charge < -0.3 is 4.90 Å². The molecule has 0 aliphatic rings. The molecule has 4 nitrogen and oxygen atoms in total. The number of hydrogen-bond donors (Lipinski definition) is 0. The summed E-state index contributed by atoms with van der Waals surface area (Å²) in [6.45, 7) is 3.34.